The Balaban J connectivity index is 1.34. The van der Waals surface area contributed by atoms with Crippen LogP contribution < -0.4 is 4.74 Å². The van der Waals surface area contributed by atoms with E-state index < -0.39 is 0 Å². The molecule has 0 saturated carbocycles. The number of benzene rings is 3. The number of para-hydroxylation sites is 1. The molecule has 2 heterocycles. The average molecular weight is 398 g/mol. The Bertz CT molecular complexity index is 1220. The summed E-state index contributed by atoms with van der Waals surface area (Å²) in [6.45, 7) is 2.70. The highest BCUT2D eigenvalue weighted by molar-refractivity contribution is 5.78. The summed E-state index contributed by atoms with van der Waals surface area (Å²) in [4.78, 5) is 7.23. The van der Waals surface area contributed by atoms with Gasteiger partial charge in [0.05, 0.1) is 12.6 Å². The monoisotopic (exact) mass is 398 g/mol. The Morgan fingerprint density at radius 3 is 2.77 bits per heavy atom. The highest BCUT2D eigenvalue weighted by Crippen LogP contribution is 2.34. The van der Waals surface area contributed by atoms with Crippen LogP contribution in [0.1, 0.15) is 16.8 Å². The summed E-state index contributed by atoms with van der Waals surface area (Å²) >= 11 is 0. The zero-order valence-electron chi connectivity index (χ0n) is 16.9. The van der Waals surface area contributed by atoms with Crippen LogP contribution in [0.4, 0.5) is 4.39 Å². The summed E-state index contributed by atoms with van der Waals surface area (Å²) in [6.07, 6.45) is 0.905. The predicted octanol–water partition coefficient (Wildman–Crippen LogP) is 5.61. The molecule has 3 nitrogen and oxygen atoms in total. The lowest BCUT2D eigenvalue weighted by Gasteiger charge is -2.15. The minimum absolute atomic E-state index is 0.279. The van der Waals surface area contributed by atoms with Gasteiger partial charge in [-0.2, -0.15) is 0 Å². The number of halogens is 1. The van der Waals surface area contributed by atoms with Crippen LogP contribution in [-0.4, -0.2) is 23.5 Å². The number of hydrogen-bond acceptors (Lipinski definition) is 3. The second kappa shape index (κ2) is 7.88. The summed E-state index contributed by atoms with van der Waals surface area (Å²) in [5.74, 6) is 0.263. The van der Waals surface area contributed by atoms with E-state index in [4.69, 9.17) is 9.72 Å². The molecule has 0 unspecified atom stereocenters. The maximum absolute atomic E-state index is 14.1. The molecule has 3 aromatic carbocycles. The summed E-state index contributed by atoms with van der Waals surface area (Å²) in [7, 11) is 1.57. The largest absolute Gasteiger partial charge is 0.497 e. The molecule has 0 aliphatic carbocycles. The van der Waals surface area contributed by atoms with Crippen molar-refractivity contribution >= 4 is 10.9 Å². The summed E-state index contributed by atoms with van der Waals surface area (Å²) < 4.78 is 19.3. The van der Waals surface area contributed by atoms with Gasteiger partial charge in [0.25, 0.3) is 0 Å². The fourth-order valence-electron chi connectivity index (χ4n) is 4.27. The number of nitrogens with zero attached hydrogens (tertiary/aromatic N) is 2. The lowest BCUT2D eigenvalue weighted by atomic mass is 9.97. The molecular weight excluding hydrogens is 375 g/mol. The maximum Gasteiger partial charge on any atom is 0.127 e. The molecule has 5 rings (SSSR count). The molecule has 0 amide bonds. The van der Waals surface area contributed by atoms with Crippen molar-refractivity contribution in [2.75, 3.05) is 13.7 Å². The van der Waals surface area contributed by atoms with E-state index >= 15 is 0 Å². The molecule has 0 N–H and O–H groups in total. The number of rotatable bonds is 5. The third-order valence-electron chi connectivity index (χ3n) is 5.81. The highest BCUT2D eigenvalue weighted by atomic mass is 19.1. The summed E-state index contributed by atoms with van der Waals surface area (Å²) in [6, 6.07) is 23.7. The van der Waals surface area contributed by atoms with Crippen molar-refractivity contribution < 1.29 is 9.13 Å². The van der Waals surface area contributed by atoms with Crippen LogP contribution in [0.2, 0.25) is 0 Å². The van der Waals surface area contributed by atoms with Gasteiger partial charge in [-0.05, 0) is 46.5 Å². The molecular formula is C26H23FN2O. The number of hydrogen-bond donors (Lipinski definition) is 0. The molecule has 0 bridgehead atoms. The minimum atomic E-state index is -0.279. The first kappa shape index (κ1) is 18.8. The van der Waals surface area contributed by atoms with E-state index in [1.165, 1.54) is 22.6 Å². The normalized spacial score (nSPS) is 13.5. The fourth-order valence-corrected chi connectivity index (χ4v) is 4.27. The second-order valence-electron chi connectivity index (χ2n) is 7.78. The number of pyridine rings is 1. The first-order chi connectivity index (χ1) is 14.7. The van der Waals surface area contributed by atoms with Crippen LogP contribution in [0.25, 0.3) is 22.0 Å². The van der Waals surface area contributed by atoms with Crippen LogP contribution in [0, 0.1) is 5.82 Å². The van der Waals surface area contributed by atoms with Crippen LogP contribution in [0.3, 0.4) is 0 Å². The third kappa shape index (κ3) is 3.66. The quantitative estimate of drug-likeness (QED) is 0.437. The lowest BCUT2D eigenvalue weighted by molar-refractivity contribution is 0.287. The van der Waals surface area contributed by atoms with Gasteiger partial charge in [0, 0.05) is 43.2 Å². The van der Waals surface area contributed by atoms with Crippen LogP contribution in [0.15, 0.2) is 72.8 Å². The molecule has 0 spiro atoms. The Kier molecular flexibility index (Phi) is 4.93. The Morgan fingerprint density at radius 1 is 0.967 bits per heavy atom. The second-order valence-corrected chi connectivity index (χ2v) is 7.78. The highest BCUT2D eigenvalue weighted by Gasteiger charge is 2.22. The van der Waals surface area contributed by atoms with Gasteiger partial charge in [0.15, 0.2) is 0 Å². The fraction of sp³-hybridized carbons (Fsp3) is 0.192. The van der Waals surface area contributed by atoms with Crippen molar-refractivity contribution in [2.45, 2.75) is 19.5 Å². The molecule has 30 heavy (non-hydrogen) atoms. The van der Waals surface area contributed by atoms with Gasteiger partial charge in [-0.15, -0.1) is 0 Å². The Labute approximate surface area is 175 Å². The predicted molar refractivity (Wildman–Crippen MR) is 118 cm³/mol. The third-order valence-corrected chi connectivity index (χ3v) is 5.81. The van der Waals surface area contributed by atoms with Crippen LogP contribution in [0.5, 0.6) is 5.75 Å². The smallest absolute Gasteiger partial charge is 0.127 e. The number of fused-ring (bicyclic) bond motifs is 2. The molecule has 0 atom stereocenters. The molecule has 0 radical (unpaired) electrons. The van der Waals surface area contributed by atoms with Crippen LogP contribution >= 0.6 is 0 Å². The van der Waals surface area contributed by atoms with Gasteiger partial charge in [-0.3, -0.25) is 9.88 Å². The molecule has 1 aromatic heterocycles. The molecule has 1 aliphatic rings. The standard InChI is InChI=1S/C26H23FN2O/c1-30-23-14-20(13-21(27)15-23)24-7-4-6-19-16-29(17-25(19)24)12-11-22-10-9-18-5-2-3-8-26(18)28-22/h2-10,13-15H,11-12,16-17H2,1H3. The molecule has 0 fully saturated rings. The molecule has 150 valence electrons. The van der Waals surface area contributed by atoms with Gasteiger partial charge in [0.2, 0.25) is 0 Å². The van der Waals surface area contributed by atoms with Crippen molar-refractivity contribution in [1.82, 2.24) is 9.88 Å². The van der Waals surface area contributed by atoms with E-state index in [9.17, 15) is 4.39 Å². The van der Waals surface area contributed by atoms with Crippen molar-refractivity contribution in [1.29, 1.82) is 0 Å². The number of aromatic nitrogens is 1. The molecule has 1 aliphatic heterocycles. The van der Waals surface area contributed by atoms with E-state index in [1.807, 2.05) is 18.2 Å². The van der Waals surface area contributed by atoms with E-state index in [0.717, 1.165) is 48.4 Å². The van der Waals surface area contributed by atoms with E-state index in [0.29, 0.717) is 5.75 Å². The van der Waals surface area contributed by atoms with Crippen molar-refractivity contribution in [3.05, 3.63) is 95.4 Å². The first-order valence-corrected chi connectivity index (χ1v) is 10.2. The lowest BCUT2D eigenvalue weighted by Crippen LogP contribution is -2.19. The molecule has 0 saturated heterocycles. The van der Waals surface area contributed by atoms with Gasteiger partial charge in [-0.1, -0.05) is 42.5 Å². The first-order valence-electron chi connectivity index (χ1n) is 10.2. The average Bonchev–Trinajstić information content (AvgIpc) is 3.20. The van der Waals surface area contributed by atoms with E-state index in [2.05, 4.69) is 47.4 Å². The molecule has 4 heteroatoms. The van der Waals surface area contributed by atoms with Crippen LogP contribution in [-0.2, 0) is 19.5 Å². The topological polar surface area (TPSA) is 25.4 Å². The maximum atomic E-state index is 14.1. The summed E-state index contributed by atoms with van der Waals surface area (Å²) in [5.41, 5.74) is 6.68. The van der Waals surface area contributed by atoms with E-state index in [1.54, 1.807) is 13.2 Å². The minimum Gasteiger partial charge on any atom is -0.497 e. The van der Waals surface area contributed by atoms with Gasteiger partial charge < -0.3 is 4.74 Å². The molecule has 4 aromatic rings. The van der Waals surface area contributed by atoms with E-state index in [-0.39, 0.29) is 5.82 Å². The zero-order valence-corrected chi connectivity index (χ0v) is 16.9. The Hall–Kier alpha value is -3.24. The van der Waals surface area contributed by atoms with Gasteiger partial charge in [-0.25, -0.2) is 4.39 Å². The Morgan fingerprint density at radius 2 is 1.87 bits per heavy atom. The summed E-state index contributed by atoms with van der Waals surface area (Å²) in [5, 5.41) is 1.17. The SMILES string of the molecule is COc1cc(F)cc(-c2cccc3c2CN(CCc2ccc4ccccc4n2)C3)c1. The van der Waals surface area contributed by atoms with Gasteiger partial charge >= 0.3 is 0 Å². The number of methoxy groups -OCH3 is 1. The number of ether oxygens (including phenoxy) is 1. The van der Waals surface area contributed by atoms with Gasteiger partial charge in [0.1, 0.15) is 11.6 Å². The van der Waals surface area contributed by atoms with Crippen molar-refractivity contribution in [2.24, 2.45) is 0 Å². The van der Waals surface area contributed by atoms with Crippen molar-refractivity contribution in [3.8, 4) is 16.9 Å². The zero-order chi connectivity index (χ0) is 20.5. The van der Waals surface area contributed by atoms with Crippen molar-refractivity contribution in [3.63, 3.8) is 0 Å².